The van der Waals surface area contributed by atoms with Gasteiger partial charge >= 0.3 is 5.51 Å². The minimum atomic E-state index is -4.36. The van der Waals surface area contributed by atoms with E-state index in [1.807, 2.05) is 0 Å². The fourth-order valence-electron chi connectivity index (χ4n) is 0.752. The predicted molar refractivity (Wildman–Crippen MR) is 55.4 cm³/mol. The lowest BCUT2D eigenvalue weighted by atomic mass is 10.3. The largest absolute Gasteiger partial charge is 0.441 e. The zero-order valence-electron chi connectivity index (χ0n) is 8.25. The van der Waals surface area contributed by atoms with Gasteiger partial charge in [-0.1, -0.05) is 0 Å². The van der Waals surface area contributed by atoms with E-state index in [2.05, 4.69) is 0 Å². The minimum absolute atomic E-state index is 0.150. The molecule has 0 aromatic carbocycles. The molecule has 0 bridgehead atoms. The maximum atomic E-state index is 11.7. The third kappa shape index (κ3) is 10.3. The molecule has 1 atom stereocenters. The first kappa shape index (κ1) is 15.0. The number of hydrogen-bond donors (Lipinski definition) is 1. The predicted octanol–water partition coefficient (Wildman–Crippen LogP) is 1.39. The van der Waals surface area contributed by atoms with Crippen LogP contribution in [0.5, 0.6) is 0 Å². The Morgan fingerprint density at radius 2 is 1.87 bits per heavy atom. The molecule has 0 aliphatic carbocycles. The Balaban J connectivity index is 3.85. The first-order chi connectivity index (χ1) is 6.62. The lowest BCUT2D eigenvalue weighted by Crippen LogP contribution is -2.22. The monoisotopic (exact) mass is 265 g/mol. The highest BCUT2D eigenvalue weighted by molar-refractivity contribution is 8.01. The van der Waals surface area contributed by atoms with Gasteiger partial charge in [-0.25, -0.2) is 8.42 Å². The summed E-state index contributed by atoms with van der Waals surface area (Å²) in [4.78, 5) is 0. The van der Waals surface area contributed by atoms with Crippen LogP contribution in [-0.2, 0) is 9.84 Å². The van der Waals surface area contributed by atoms with Crippen molar-refractivity contribution in [3.05, 3.63) is 0 Å². The van der Waals surface area contributed by atoms with Crippen molar-refractivity contribution in [2.75, 3.05) is 17.3 Å². The number of alkyl halides is 3. The van der Waals surface area contributed by atoms with Gasteiger partial charge in [-0.3, -0.25) is 0 Å². The molecule has 0 radical (unpaired) electrons. The molecule has 0 amide bonds. The van der Waals surface area contributed by atoms with Crippen molar-refractivity contribution in [2.45, 2.75) is 24.9 Å². The van der Waals surface area contributed by atoms with Crippen molar-refractivity contribution < 1.29 is 21.6 Å². The van der Waals surface area contributed by atoms with Crippen molar-refractivity contribution in [1.82, 2.24) is 0 Å². The molecule has 0 saturated heterocycles. The summed E-state index contributed by atoms with van der Waals surface area (Å²) in [6.07, 6.45) is 0.277. The second-order valence-corrected chi connectivity index (χ2v) is 6.68. The molecule has 2 N–H and O–H groups in total. The van der Waals surface area contributed by atoms with E-state index in [0.29, 0.717) is 0 Å². The Bertz CT molecular complexity index is 274. The Labute approximate surface area is 91.5 Å². The Hall–Kier alpha value is 0.0500. The van der Waals surface area contributed by atoms with Crippen LogP contribution in [0.4, 0.5) is 13.2 Å². The van der Waals surface area contributed by atoms with Crippen LogP contribution in [0.15, 0.2) is 0 Å². The number of rotatable bonds is 6. The van der Waals surface area contributed by atoms with Crippen molar-refractivity contribution in [1.29, 1.82) is 0 Å². The number of nitrogens with two attached hydrogens (primary N) is 1. The van der Waals surface area contributed by atoms with E-state index in [0.717, 1.165) is 0 Å². The van der Waals surface area contributed by atoms with E-state index in [9.17, 15) is 21.6 Å². The lowest BCUT2D eigenvalue weighted by Gasteiger charge is -2.07. The molecule has 0 spiro atoms. The second-order valence-electron chi connectivity index (χ2n) is 3.21. The molecule has 15 heavy (non-hydrogen) atoms. The topological polar surface area (TPSA) is 60.2 Å². The third-order valence-electron chi connectivity index (χ3n) is 1.54. The minimum Gasteiger partial charge on any atom is -0.328 e. The summed E-state index contributed by atoms with van der Waals surface area (Å²) in [6, 6.07) is -0.255. The summed E-state index contributed by atoms with van der Waals surface area (Å²) in [7, 11) is -3.40. The summed E-state index contributed by atoms with van der Waals surface area (Å²) in [6.45, 7) is 1.65. The average Bonchev–Trinajstić information content (AvgIpc) is 1.98. The van der Waals surface area contributed by atoms with Gasteiger partial charge in [-0.15, -0.1) is 0 Å². The Kier molecular flexibility index (Phi) is 5.97. The van der Waals surface area contributed by atoms with E-state index in [4.69, 9.17) is 5.73 Å². The molecular weight excluding hydrogens is 251 g/mol. The molecule has 0 aromatic rings. The van der Waals surface area contributed by atoms with Crippen molar-refractivity contribution in [3.8, 4) is 0 Å². The van der Waals surface area contributed by atoms with Crippen LogP contribution in [0, 0.1) is 0 Å². The van der Waals surface area contributed by atoms with Crippen LogP contribution in [0.1, 0.15) is 13.3 Å². The summed E-state index contributed by atoms with van der Waals surface area (Å²) >= 11 is -0.316. The Morgan fingerprint density at radius 1 is 1.33 bits per heavy atom. The average molecular weight is 265 g/mol. The van der Waals surface area contributed by atoms with Gasteiger partial charge in [0.05, 0.1) is 11.5 Å². The van der Waals surface area contributed by atoms with Gasteiger partial charge in [-0.05, 0) is 25.1 Å². The lowest BCUT2D eigenvalue weighted by molar-refractivity contribution is -0.0326. The fraction of sp³-hybridized carbons (Fsp3) is 1.00. The molecule has 0 fully saturated rings. The van der Waals surface area contributed by atoms with Crippen LogP contribution in [0.2, 0.25) is 0 Å². The molecule has 8 heteroatoms. The normalized spacial score (nSPS) is 15.3. The fourth-order valence-corrected chi connectivity index (χ4v) is 3.27. The molecule has 0 aliphatic rings. The van der Waals surface area contributed by atoms with Gasteiger partial charge in [0.15, 0.2) is 9.84 Å². The van der Waals surface area contributed by atoms with Crippen LogP contribution >= 0.6 is 11.8 Å². The van der Waals surface area contributed by atoms with Gasteiger partial charge in [0.25, 0.3) is 0 Å². The summed E-state index contributed by atoms with van der Waals surface area (Å²) in [5.74, 6) is -1.06. The van der Waals surface area contributed by atoms with Crippen molar-refractivity contribution >= 4 is 21.6 Å². The quantitative estimate of drug-likeness (QED) is 0.788. The molecule has 0 heterocycles. The van der Waals surface area contributed by atoms with Gasteiger partial charge in [-0.2, -0.15) is 13.2 Å². The van der Waals surface area contributed by atoms with Gasteiger partial charge < -0.3 is 5.73 Å². The maximum absolute atomic E-state index is 11.7. The van der Waals surface area contributed by atoms with Crippen LogP contribution in [0.3, 0.4) is 0 Å². The van der Waals surface area contributed by atoms with E-state index >= 15 is 0 Å². The van der Waals surface area contributed by atoms with E-state index in [1.54, 1.807) is 6.92 Å². The third-order valence-corrected chi connectivity index (χ3v) is 4.22. The molecule has 0 aromatic heterocycles. The molecule has 0 aliphatic heterocycles. The van der Waals surface area contributed by atoms with Gasteiger partial charge in [0, 0.05) is 11.8 Å². The maximum Gasteiger partial charge on any atom is 0.441 e. The first-order valence-corrected chi connectivity index (χ1v) is 7.10. The molecule has 92 valence electrons. The summed E-state index contributed by atoms with van der Waals surface area (Å²) in [5, 5.41) is 0. The van der Waals surface area contributed by atoms with Gasteiger partial charge in [0.2, 0.25) is 0 Å². The standard InChI is InChI=1S/C7H14F3NO2S2/c1-6(11)2-4-15(12,13)5-3-14-7(8,9)10/h6H,2-5,11H2,1H3. The summed E-state index contributed by atoms with van der Waals surface area (Å²) in [5.41, 5.74) is 0.983. The van der Waals surface area contributed by atoms with E-state index in [1.165, 1.54) is 0 Å². The molecule has 3 nitrogen and oxygen atoms in total. The Morgan fingerprint density at radius 3 is 2.27 bits per heavy atom. The van der Waals surface area contributed by atoms with E-state index in [-0.39, 0.29) is 30.0 Å². The van der Waals surface area contributed by atoms with Crippen LogP contribution < -0.4 is 5.73 Å². The molecular formula is C7H14F3NO2S2. The van der Waals surface area contributed by atoms with Crippen molar-refractivity contribution in [3.63, 3.8) is 0 Å². The molecule has 0 saturated carbocycles. The zero-order chi connectivity index (χ0) is 12.1. The highest BCUT2D eigenvalue weighted by Crippen LogP contribution is 2.29. The number of sulfone groups is 1. The zero-order valence-corrected chi connectivity index (χ0v) is 9.88. The number of hydrogen-bond acceptors (Lipinski definition) is 4. The smallest absolute Gasteiger partial charge is 0.328 e. The van der Waals surface area contributed by atoms with Crippen LogP contribution in [-0.4, -0.2) is 37.2 Å². The van der Waals surface area contributed by atoms with Gasteiger partial charge in [0.1, 0.15) is 0 Å². The van der Waals surface area contributed by atoms with E-state index < -0.39 is 26.9 Å². The highest BCUT2D eigenvalue weighted by Gasteiger charge is 2.28. The molecule has 0 rings (SSSR count). The number of halogens is 3. The highest BCUT2D eigenvalue weighted by atomic mass is 32.2. The molecule has 1 unspecified atom stereocenters. The summed E-state index contributed by atoms with van der Waals surface area (Å²) < 4.78 is 57.4. The first-order valence-electron chi connectivity index (χ1n) is 4.29. The number of thioether (sulfide) groups is 1. The van der Waals surface area contributed by atoms with Crippen molar-refractivity contribution in [2.24, 2.45) is 5.73 Å². The van der Waals surface area contributed by atoms with Crippen LogP contribution in [0.25, 0.3) is 0 Å². The SMILES string of the molecule is CC(N)CCS(=O)(=O)CCSC(F)(F)F. The second kappa shape index (κ2) is 5.95.